The molecule has 230 valence electrons. The summed E-state index contributed by atoms with van der Waals surface area (Å²) < 4.78 is 42.9. The Labute approximate surface area is 259 Å². The van der Waals surface area contributed by atoms with Crippen LogP contribution in [0.25, 0.3) is 0 Å². The SMILES string of the molecule is Cc1ccc(S(=O)(=O)N(CC(=O)N(Cc2ccccc2C)[C@H](Cc2ccccc2)C(=O)NC(C)C)c2ccc(F)cc2)cc1. The molecule has 44 heavy (non-hydrogen) atoms. The van der Waals surface area contributed by atoms with Crippen LogP contribution in [0.15, 0.2) is 108 Å². The minimum absolute atomic E-state index is 0.0101. The Morgan fingerprint density at radius 2 is 1.43 bits per heavy atom. The molecule has 0 saturated heterocycles. The predicted molar refractivity (Wildman–Crippen MR) is 171 cm³/mol. The lowest BCUT2D eigenvalue weighted by molar-refractivity contribution is -0.140. The summed E-state index contributed by atoms with van der Waals surface area (Å²) in [6.07, 6.45) is 0.221. The second kappa shape index (κ2) is 14.3. The van der Waals surface area contributed by atoms with Gasteiger partial charge < -0.3 is 10.2 Å². The zero-order valence-corrected chi connectivity index (χ0v) is 26.2. The monoisotopic (exact) mass is 615 g/mol. The second-order valence-electron chi connectivity index (χ2n) is 11.1. The summed E-state index contributed by atoms with van der Waals surface area (Å²) in [5.41, 5.74) is 3.60. The number of nitrogens with one attached hydrogen (secondary N) is 1. The molecule has 9 heteroatoms. The first-order valence-electron chi connectivity index (χ1n) is 14.5. The van der Waals surface area contributed by atoms with Crippen LogP contribution in [0.3, 0.4) is 0 Å². The number of hydrogen-bond donors (Lipinski definition) is 1. The molecule has 0 radical (unpaired) electrons. The zero-order chi connectivity index (χ0) is 31.9. The molecule has 4 aromatic rings. The first-order valence-corrected chi connectivity index (χ1v) is 15.9. The second-order valence-corrected chi connectivity index (χ2v) is 13.0. The van der Waals surface area contributed by atoms with Gasteiger partial charge in [0.25, 0.3) is 10.0 Å². The number of halogens is 1. The molecule has 0 saturated carbocycles. The van der Waals surface area contributed by atoms with Crippen molar-refractivity contribution in [3.05, 3.63) is 131 Å². The molecule has 0 unspecified atom stereocenters. The molecular formula is C35H38FN3O4S. The fourth-order valence-electron chi connectivity index (χ4n) is 4.88. The van der Waals surface area contributed by atoms with Crippen LogP contribution in [-0.2, 0) is 32.6 Å². The van der Waals surface area contributed by atoms with Gasteiger partial charge in [0.05, 0.1) is 10.6 Å². The number of anilines is 1. The average molecular weight is 616 g/mol. The maximum atomic E-state index is 14.4. The van der Waals surface area contributed by atoms with Crippen molar-refractivity contribution < 1.29 is 22.4 Å². The highest BCUT2D eigenvalue weighted by Gasteiger charge is 2.35. The Kier molecular flexibility index (Phi) is 10.5. The fraction of sp³-hybridized carbons (Fsp3) is 0.257. The average Bonchev–Trinajstić information content (AvgIpc) is 2.99. The van der Waals surface area contributed by atoms with Crippen molar-refractivity contribution in [2.75, 3.05) is 10.8 Å². The number of amides is 2. The topological polar surface area (TPSA) is 86.8 Å². The van der Waals surface area contributed by atoms with Crippen LogP contribution in [0.4, 0.5) is 10.1 Å². The predicted octanol–water partition coefficient (Wildman–Crippen LogP) is 5.80. The Morgan fingerprint density at radius 1 is 0.818 bits per heavy atom. The summed E-state index contributed by atoms with van der Waals surface area (Å²) in [4.78, 5) is 29.6. The molecule has 0 aliphatic carbocycles. The lowest BCUT2D eigenvalue weighted by Gasteiger charge is -2.34. The first kappa shape index (κ1) is 32.4. The van der Waals surface area contributed by atoms with Crippen LogP contribution in [0.2, 0.25) is 0 Å². The third-order valence-electron chi connectivity index (χ3n) is 7.31. The highest BCUT2D eigenvalue weighted by molar-refractivity contribution is 7.92. The van der Waals surface area contributed by atoms with Gasteiger partial charge in [-0.05, 0) is 80.8 Å². The summed E-state index contributed by atoms with van der Waals surface area (Å²) in [6, 6.07) is 27.1. The van der Waals surface area contributed by atoms with E-state index in [0.29, 0.717) is 0 Å². The van der Waals surface area contributed by atoms with E-state index in [4.69, 9.17) is 0 Å². The Morgan fingerprint density at radius 3 is 2.05 bits per heavy atom. The third kappa shape index (κ3) is 8.11. The van der Waals surface area contributed by atoms with Crippen LogP contribution >= 0.6 is 0 Å². The van der Waals surface area contributed by atoms with Crippen LogP contribution in [0.5, 0.6) is 0 Å². The highest BCUT2D eigenvalue weighted by Crippen LogP contribution is 2.26. The Bertz CT molecular complexity index is 1680. The maximum Gasteiger partial charge on any atom is 0.264 e. The Hall–Kier alpha value is -4.50. The fourth-order valence-corrected chi connectivity index (χ4v) is 6.29. The maximum absolute atomic E-state index is 14.4. The molecule has 4 aromatic carbocycles. The molecule has 0 aliphatic heterocycles. The van der Waals surface area contributed by atoms with E-state index in [9.17, 15) is 22.4 Å². The zero-order valence-electron chi connectivity index (χ0n) is 25.4. The molecule has 7 nitrogen and oxygen atoms in total. The molecule has 4 rings (SSSR count). The van der Waals surface area contributed by atoms with E-state index in [1.54, 1.807) is 12.1 Å². The van der Waals surface area contributed by atoms with E-state index in [2.05, 4.69) is 5.32 Å². The number of hydrogen-bond acceptors (Lipinski definition) is 4. The quantitative estimate of drug-likeness (QED) is 0.218. The molecule has 1 atom stereocenters. The van der Waals surface area contributed by atoms with Crippen molar-refractivity contribution in [3.8, 4) is 0 Å². The van der Waals surface area contributed by atoms with Gasteiger partial charge in [0, 0.05) is 19.0 Å². The van der Waals surface area contributed by atoms with E-state index in [-0.39, 0.29) is 35.5 Å². The van der Waals surface area contributed by atoms with Gasteiger partial charge in [-0.2, -0.15) is 0 Å². The summed E-state index contributed by atoms with van der Waals surface area (Å²) in [7, 11) is -4.25. The van der Waals surface area contributed by atoms with E-state index in [0.717, 1.165) is 38.7 Å². The van der Waals surface area contributed by atoms with Crippen molar-refractivity contribution in [3.63, 3.8) is 0 Å². The van der Waals surface area contributed by atoms with E-state index in [1.807, 2.05) is 82.3 Å². The van der Waals surface area contributed by atoms with Crippen molar-refractivity contribution >= 4 is 27.5 Å². The van der Waals surface area contributed by atoms with Gasteiger partial charge in [0.2, 0.25) is 11.8 Å². The van der Waals surface area contributed by atoms with Crippen molar-refractivity contribution in [2.24, 2.45) is 0 Å². The summed E-state index contributed by atoms with van der Waals surface area (Å²) in [6.45, 7) is 6.93. The number of nitrogens with zero attached hydrogens (tertiary/aromatic N) is 2. The van der Waals surface area contributed by atoms with Gasteiger partial charge in [-0.25, -0.2) is 12.8 Å². The summed E-state index contributed by atoms with van der Waals surface area (Å²) in [5.74, 6) is -1.46. The minimum atomic E-state index is -4.25. The van der Waals surface area contributed by atoms with Crippen LogP contribution < -0.4 is 9.62 Å². The number of aryl methyl sites for hydroxylation is 2. The van der Waals surface area contributed by atoms with Crippen molar-refractivity contribution in [1.29, 1.82) is 0 Å². The lowest BCUT2D eigenvalue weighted by Crippen LogP contribution is -2.54. The first-order chi connectivity index (χ1) is 21.0. The number of carbonyl (C=O) groups excluding carboxylic acids is 2. The molecule has 0 heterocycles. The molecule has 2 amide bonds. The van der Waals surface area contributed by atoms with E-state index in [1.165, 1.54) is 29.2 Å². The molecule has 0 spiro atoms. The third-order valence-corrected chi connectivity index (χ3v) is 9.09. The number of carbonyl (C=O) groups is 2. The van der Waals surface area contributed by atoms with Crippen LogP contribution in [-0.4, -0.2) is 43.8 Å². The van der Waals surface area contributed by atoms with E-state index < -0.39 is 34.3 Å². The molecule has 0 aromatic heterocycles. The smallest absolute Gasteiger partial charge is 0.264 e. The van der Waals surface area contributed by atoms with Crippen molar-refractivity contribution in [1.82, 2.24) is 10.2 Å². The molecule has 0 bridgehead atoms. The van der Waals surface area contributed by atoms with Crippen molar-refractivity contribution in [2.45, 2.75) is 57.6 Å². The lowest BCUT2D eigenvalue weighted by atomic mass is 10.0. The van der Waals surface area contributed by atoms with Gasteiger partial charge in [-0.15, -0.1) is 0 Å². The summed E-state index contributed by atoms with van der Waals surface area (Å²) in [5, 5.41) is 2.95. The minimum Gasteiger partial charge on any atom is -0.352 e. The normalized spacial score (nSPS) is 12.0. The highest BCUT2D eigenvalue weighted by atomic mass is 32.2. The van der Waals surface area contributed by atoms with Gasteiger partial charge in [-0.1, -0.05) is 72.3 Å². The standard InChI is InChI=1S/C35H38FN3O4S/c1-25(2)37-35(41)33(22-28-11-6-5-7-12-28)38(23-29-13-9-8-10-27(29)4)34(40)24-39(31-18-16-30(36)17-19-31)44(42,43)32-20-14-26(3)15-21-32/h5-21,25,33H,22-24H2,1-4H3,(H,37,41)/t33-/m1/s1. The van der Waals surface area contributed by atoms with Gasteiger partial charge >= 0.3 is 0 Å². The molecule has 1 N–H and O–H groups in total. The van der Waals surface area contributed by atoms with Gasteiger partial charge in [0.15, 0.2) is 0 Å². The van der Waals surface area contributed by atoms with Gasteiger partial charge in [-0.3, -0.25) is 13.9 Å². The number of sulfonamides is 1. The van der Waals surface area contributed by atoms with Crippen LogP contribution in [0, 0.1) is 19.7 Å². The molecule has 0 aliphatic rings. The number of benzene rings is 4. The number of rotatable bonds is 12. The molecular weight excluding hydrogens is 577 g/mol. The van der Waals surface area contributed by atoms with Gasteiger partial charge in [0.1, 0.15) is 18.4 Å². The molecule has 0 fully saturated rings. The van der Waals surface area contributed by atoms with E-state index >= 15 is 0 Å². The Balaban J connectivity index is 1.81. The summed E-state index contributed by atoms with van der Waals surface area (Å²) >= 11 is 0. The van der Waals surface area contributed by atoms with Crippen LogP contribution in [0.1, 0.15) is 36.1 Å². The largest absolute Gasteiger partial charge is 0.352 e.